The second-order valence-electron chi connectivity index (χ2n) is 6.69. The van der Waals surface area contributed by atoms with Gasteiger partial charge in [-0.1, -0.05) is 0 Å². The van der Waals surface area contributed by atoms with Crippen LogP contribution in [0.15, 0.2) is 36.8 Å². The highest BCUT2D eigenvalue weighted by Gasteiger charge is 2.51. The first-order valence-electron chi connectivity index (χ1n) is 8.17. The van der Waals surface area contributed by atoms with Gasteiger partial charge in [-0.2, -0.15) is 0 Å². The Morgan fingerprint density at radius 3 is 3.00 bits per heavy atom. The number of nitrogens with one attached hydrogen (secondary N) is 1. The van der Waals surface area contributed by atoms with Gasteiger partial charge >= 0.3 is 0 Å². The molecule has 2 aromatic rings. The number of anilines is 1. The number of hydrogen-bond donors (Lipinski definition) is 1. The van der Waals surface area contributed by atoms with Gasteiger partial charge in [-0.25, -0.2) is 9.97 Å². The molecule has 4 rings (SSSR count). The molecule has 0 aliphatic carbocycles. The fraction of sp³-hybridized carbons (Fsp3) is 0.471. The molecule has 0 aromatic carbocycles. The molecule has 7 heteroatoms. The fourth-order valence-electron chi connectivity index (χ4n) is 3.73. The van der Waals surface area contributed by atoms with Crippen molar-refractivity contribution >= 4 is 11.9 Å². The minimum atomic E-state index is -0.0694. The average Bonchev–Trinajstić information content (AvgIpc) is 3.27. The summed E-state index contributed by atoms with van der Waals surface area (Å²) in [6.07, 6.45) is 5.40. The Hall–Kier alpha value is -2.41. The summed E-state index contributed by atoms with van der Waals surface area (Å²) in [5.74, 6) is 1.09. The number of carbonyl (C=O) groups excluding carboxylic acids is 1. The number of amides is 1. The molecule has 2 atom stereocenters. The molecule has 4 heterocycles. The predicted molar refractivity (Wildman–Crippen MR) is 88.7 cm³/mol. The Balaban J connectivity index is 1.47. The number of fused-ring (bicyclic) bond motifs is 1. The molecule has 0 bridgehead atoms. The van der Waals surface area contributed by atoms with E-state index in [1.54, 1.807) is 12.4 Å². The molecule has 2 fully saturated rings. The zero-order chi connectivity index (χ0) is 16.6. The minimum absolute atomic E-state index is 0.0445. The summed E-state index contributed by atoms with van der Waals surface area (Å²) < 4.78 is 7.55. The van der Waals surface area contributed by atoms with E-state index in [4.69, 9.17) is 4.74 Å². The Bertz CT molecular complexity index is 732. The molecule has 24 heavy (non-hydrogen) atoms. The summed E-state index contributed by atoms with van der Waals surface area (Å²) in [6, 6.07) is 5.52. The zero-order valence-corrected chi connectivity index (χ0v) is 13.7. The van der Waals surface area contributed by atoms with Crippen LogP contribution in [0.2, 0.25) is 0 Å². The van der Waals surface area contributed by atoms with Gasteiger partial charge in [-0.15, -0.1) is 0 Å². The molecule has 2 aromatic heterocycles. The van der Waals surface area contributed by atoms with Crippen molar-refractivity contribution in [3.05, 3.63) is 42.5 Å². The van der Waals surface area contributed by atoms with Crippen LogP contribution in [0.3, 0.4) is 0 Å². The first-order chi connectivity index (χ1) is 11.7. The van der Waals surface area contributed by atoms with Gasteiger partial charge in [0.1, 0.15) is 5.69 Å². The van der Waals surface area contributed by atoms with Crippen molar-refractivity contribution < 1.29 is 9.53 Å². The number of hydrogen-bond acceptors (Lipinski definition) is 5. The molecule has 2 aliphatic rings. The van der Waals surface area contributed by atoms with E-state index in [2.05, 4.69) is 20.2 Å². The summed E-state index contributed by atoms with van der Waals surface area (Å²) in [4.78, 5) is 23.3. The predicted octanol–water partition coefficient (Wildman–Crippen LogP) is 0.698. The van der Waals surface area contributed by atoms with Crippen LogP contribution >= 0.6 is 0 Å². The summed E-state index contributed by atoms with van der Waals surface area (Å²) in [6.45, 7) is 3.65. The van der Waals surface area contributed by atoms with Gasteiger partial charge in [0.15, 0.2) is 0 Å². The highest BCUT2D eigenvalue weighted by molar-refractivity contribution is 5.92. The van der Waals surface area contributed by atoms with E-state index in [0.717, 1.165) is 25.6 Å². The zero-order valence-electron chi connectivity index (χ0n) is 13.7. The van der Waals surface area contributed by atoms with Crippen LogP contribution in [-0.2, 0) is 11.8 Å². The molecule has 0 unspecified atom stereocenters. The third kappa shape index (κ3) is 2.54. The Labute approximate surface area is 140 Å². The van der Waals surface area contributed by atoms with Crippen molar-refractivity contribution in [2.45, 2.75) is 0 Å². The van der Waals surface area contributed by atoms with Gasteiger partial charge in [-0.3, -0.25) is 4.79 Å². The summed E-state index contributed by atoms with van der Waals surface area (Å²) >= 11 is 0. The first-order valence-corrected chi connectivity index (χ1v) is 8.17. The molecule has 0 saturated carbocycles. The van der Waals surface area contributed by atoms with E-state index in [1.165, 1.54) is 0 Å². The summed E-state index contributed by atoms with van der Waals surface area (Å²) in [7, 11) is 1.87. The second-order valence-corrected chi connectivity index (χ2v) is 6.69. The summed E-state index contributed by atoms with van der Waals surface area (Å²) in [5.41, 5.74) is 0.600. The lowest BCUT2D eigenvalue weighted by Gasteiger charge is -2.27. The van der Waals surface area contributed by atoms with Gasteiger partial charge in [-0.05, 0) is 18.2 Å². The largest absolute Gasteiger partial charge is 0.380 e. The molecular formula is C17H21N5O2. The number of nitrogens with zero attached hydrogens (tertiary/aromatic N) is 4. The number of ether oxygens (including phenoxy) is 1. The first kappa shape index (κ1) is 15.1. The number of aromatic nitrogens is 3. The minimum Gasteiger partial charge on any atom is -0.380 e. The smallest absolute Gasteiger partial charge is 0.267 e. The fourth-order valence-corrected chi connectivity index (χ4v) is 3.73. The van der Waals surface area contributed by atoms with Crippen molar-refractivity contribution in [2.24, 2.45) is 18.4 Å². The average molecular weight is 327 g/mol. The van der Waals surface area contributed by atoms with Crippen LogP contribution in [-0.4, -0.2) is 53.3 Å². The third-order valence-electron chi connectivity index (χ3n) is 5.13. The van der Waals surface area contributed by atoms with Gasteiger partial charge < -0.3 is 19.5 Å². The molecule has 1 amide bonds. The van der Waals surface area contributed by atoms with E-state index >= 15 is 0 Å². The molecule has 2 aliphatic heterocycles. The van der Waals surface area contributed by atoms with Crippen LogP contribution < -0.4 is 10.2 Å². The third-order valence-corrected chi connectivity index (χ3v) is 5.13. The van der Waals surface area contributed by atoms with Gasteiger partial charge in [0.2, 0.25) is 5.95 Å². The lowest BCUT2D eigenvalue weighted by atomic mass is 9.81. The molecule has 2 saturated heterocycles. The second kappa shape index (κ2) is 5.90. The van der Waals surface area contributed by atoms with E-state index in [0.29, 0.717) is 24.8 Å². The Kier molecular flexibility index (Phi) is 3.72. The van der Waals surface area contributed by atoms with E-state index < -0.39 is 0 Å². The van der Waals surface area contributed by atoms with E-state index in [9.17, 15) is 4.79 Å². The molecule has 1 N–H and O–H groups in total. The van der Waals surface area contributed by atoms with Gasteiger partial charge in [0, 0.05) is 56.6 Å². The van der Waals surface area contributed by atoms with E-state index in [1.807, 2.05) is 36.0 Å². The maximum absolute atomic E-state index is 12.4. The maximum atomic E-state index is 12.4. The van der Waals surface area contributed by atoms with Crippen molar-refractivity contribution in [2.75, 3.05) is 37.7 Å². The normalized spacial score (nSPS) is 25.7. The lowest BCUT2D eigenvalue weighted by Crippen LogP contribution is -2.43. The standard InChI is InChI=1S/C17H21N5O2/c1-21-7-2-4-14(21)15(23)20-10-17-11-22(8-13(17)9-24-12-17)16-18-5-3-6-19-16/h2-7,13H,8-12H2,1H3,(H,20,23)/t13-,17+/m1/s1. The van der Waals surface area contributed by atoms with Crippen LogP contribution in [0.4, 0.5) is 5.95 Å². The topological polar surface area (TPSA) is 72.3 Å². The van der Waals surface area contributed by atoms with Crippen LogP contribution in [0.5, 0.6) is 0 Å². The monoisotopic (exact) mass is 327 g/mol. The van der Waals surface area contributed by atoms with Crippen molar-refractivity contribution in [3.8, 4) is 0 Å². The summed E-state index contributed by atoms with van der Waals surface area (Å²) in [5, 5.41) is 3.09. The number of aryl methyl sites for hydroxylation is 1. The Morgan fingerprint density at radius 1 is 1.42 bits per heavy atom. The van der Waals surface area contributed by atoms with Crippen molar-refractivity contribution in [1.29, 1.82) is 0 Å². The quantitative estimate of drug-likeness (QED) is 0.895. The van der Waals surface area contributed by atoms with E-state index in [-0.39, 0.29) is 11.3 Å². The van der Waals surface area contributed by atoms with Crippen molar-refractivity contribution in [3.63, 3.8) is 0 Å². The molecule has 0 spiro atoms. The SMILES string of the molecule is Cn1cccc1C(=O)NC[C@]12COC[C@H]1CN(c1ncccn1)C2. The highest BCUT2D eigenvalue weighted by atomic mass is 16.5. The van der Waals surface area contributed by atoms with Gasteiger partial charge in [0.05, 0.1) is 13.2 Å². The molecule has 126 valence electrons. The highest BCUT2D eigenvalue weighted by Crippen LogP contribution is 2.41. The van der Waals surface area contributed by atoms with Crippen molar-refractivity contribution in [1.82, 2.24) is 19.9 Å². The van der Waals surface area contributed by atoms with Crippen LogP contribution in [0.25, 0.3) is 0 Å². The van der Waals surface area contributed by atoms with Crippen LogP contribution in [0.1, 0.15) is 10.5 Å². The number of carbonyl (C=O) groups is 1. The lowest BCUT2D eigenvalue weighted by molar-refractivity contribution is 0.0912. The molecule has 0 radical (unpaired) electrons. The van der Waals surface area contributed by atoms with Gasteiger partial charge in [0.25, 0.3) is 5.91 Å². The molecular weight excluding hydrogens is 306 g/mol. The Morgan fingerprint density at radius 2 is 2.25 bits per heavy atom. The molecule has 7 nitrogen and oxygen atoms in total. The maximum Gasteiger partial charge on any atom is 0.267 e. The number of rotatable bonds is 4. The van der Waals surface area contributed by atoms with Crippen LogP contribution in [0, 0.1) is 11.3 Å².